The number of amides is 3. The molecule has 3 amide bonds. The number of fused-ring (bicyclic) bond motifs is 2. The number of piperidine rings is 3. The molecule has 5 fully saturated rings. The number of ether oxygens (including phenoxy) is 2. The van der Waals surface area contributed by atoms with Crippen molar-refractivity contribution >= 4 is 50.8 Å². The Labute approximate surface area is 365 Å². The molecule has 3 atom stereocenters. The molecule has 9 rings (SSSR count). The Morgan fingerprint density at radius 1 is 0.952 bits per heavy atom. The average molecular weight is 857 g/mol. The second-order valence-electron chi connectivity index (χ2n) is 17.3. The van der Waals surface area contributed by atoms with Crippen LogP contribution in [-0.4, -0.2) is 142 Å². The molecule has 323 valence electrons. The second-order valence-corrected chi connectivity index (χ2v) is 18.1. The zero-order chi connectivity index (χ0) is 43.0. The van der Waals surface area contributed by atoms with Gasteiger partial charge in [-0.05, 0) is 86.3 Å². The number of likely N-dealkylation sites (tertiary alicyclic amines) is 2. The fourth-order valence-electron chi connectivity index (χ4n) is 9.83. The molecule has 0 aliphatic carbocycles. The number of phenolic OH excluding ortho intramolecular Hbond substituents is 1. The Balaban J connectivity index is 0.753. The summed E-state index contributed by atoms with van der Waals surface area (Å²) in [7, 11) is 5.57. The molecule has 3 aromatic carbocycles. The number of imide groups is 1. The van der Waals surface area contributed by atoms with Crippen molar-refractivity contribution in [3.63, 3.8) is 0 Å². The monoisotopic (exact) mass is 856 g/mol. The van der Waals surface area contributed by atoms with Crippen LogP contribution in [0.2, 0.25) is 0 Å². The highest BCUT2D eigenvalue weighted by atomic mass is 28.1. The fourth-order valence-corrected chi connectivity index (χ4v) is 10.1. The minimum absolute atomic E-state index is 0.0224. The minimum Gasteiger partial charge on any atom is -0.507 e. The molecule has 16 heteroatoms. The van der Waals surface area contributed by atoms with Gasteiger partial charge >= 0.3 is 0 Å². The lowest BCUT2D eigenvalue weighted by atomic mass is 9.89. The van der Waals surface area contributed by atoms with Crippen molar-refractivity contribution in [2.45, 2.75) is 67.8 Å². The molecule has 15 nitrogen and oxygen atoms in total. The van der Waals surface area contributed by atoms with Gasteiger partial charge in [0.15, 0.2) is 5.82 Å². The topological polar surface area (TPSA) is 170 Å². The van der Waals surface area contributed by atoms with Crippen LogP contribution < -0.4 is 30.5 Å². The first-order valence-electron chi connectivity index (χ1n) is 21.7. The zero-order valence-corrected chi connectivity index (χ0v) is 36.1. The third-order valence-electron chi connectivity index (χ3n) is 13.4. The van der Waals surface area contributed by atoms with E-state index in [1.165, 1.54) is 5.56 Å². The number of morpholine rings is 1. The number of nitrogens with zero attached hydrogens (tertiary/aromatic N) is 7. The molecule has 6 heterocycles. The van der Waals surface area contributed by atoms with Crippen LogP contribution in [-0.2, 0) is 19.1 Å². The van der Waals surface area contributed by atoms with Gasteiger partial charge in [-0.15, -0.1) is 10.2 Å². The van der Waals surface area contributed by atoms with Gasteiger partial charge in [0.2, 0.25) is 17.7 Å². The molecule has 1 aromatic heterocycles. The lowest BCUT2D eigenvalue weighted by Gasteiger charge is -2.51. The van der Waals surface area contributed by atoms with Crippen LogP contribution in [0.5, 0.6) is 11.5 Å². The van der Waals surface area contributed by atoms with E-state index < -0.39 is 5.16 Å². The van der Waals surface area contributed by atoms with Gasteiger partial charge in [-0.3, -0.25) is 24.6 Å². The van der Waals surface area contributed by atoms with Gasteiger partial charge in [0, 0.05) is 75.5 Å². The highest BCUT2D eigenvalue weighted by molar-refractivity contribution is 6.32. The quantitative estimate of drug-likeness (QED) is 0.157. The molecule has 3 radical (unpaired) electrons. The Morgan fingerprint density at radius 3 is 2.44 bits per heavy atom. The van der Waals surface area contributed by atoms with E-state index in [1.807, 2.05) is 59.3 Å². The number of aromatic nitrogens is 2. The number of likely N-dealkylation sites (N-methyl/N-ethyl adjacent to an activating group) is 1. The predicted molar refractivity (Wildman–Crippen MR) is 237 cm³/mol. The number of carbonyl (C=O) groups excluding carboxylic acids is 3. The van der Waals surface area contributed by atoms with Crippen molar-refractivity contribution in [2.24, 2.45) is 0 Å². The van der Waals surface area contributed by atoms with Crippen molar-refractivity contribution in [3.8, 4) is 22.8 Å². The smallest absolute Gasteiger partial charge is 0.248 e. The van der Waals surface area contributed by atoms with E-state index in [2.05, 4.69) is 64.7 Å². The van der Waals surface area contributed by atoms with Gasteiger partial charge in [0.1, 0.15) is 22.8 Å². The molecular weight excluding hydrogens is 803 g/mol. The van der Waals surface area contributed by atoms with Crippen LogP contribution in [0.25, 0.3) is 11.3 Å². The number of benzene rings is 3. The summed E-state index contributed by atoms with van der Waals surface area (Å²) in [6, 6.07) is 25.8. The van der Waals surface area contributed by atoms with Crippen LogP contribution in [0.1, 0.15) is 50.0 Å². The van der Waals surface area contributed by atoms with Crippen LogP contribution in [0.4, 0.5) is 22.9 Å². The summed E-state index contributed by atoms with van der Waals surface area (Å²) in [6.45, 7) is 5.96. The second kappa shape index (κ2) is 17.6. The molecule has 62 heavy (non-hydrogen) atoms. The Hall–Kier alpha value is -5.71. The number of aromatic hydroxyl groups is 1. The molecule has 5 saturated heterocycles. The first-order chi connectivity index (χ1) is 30.0. The van der Waals surface area contributed by atoms with Crippen molar-refractivity contribution in [1.82, 2.24) is 25.3 Å². The first-order valence-corrected chi connectivity index (χ1v) is 22.2. The molecule has 0 spiro atoms. The van der Waals surface area contributed by atoms with Crippen molar-refractivity contribution in [1.29, 1.82) is 0 Å². The number of nitrogens with one attached hydrogen (secondary N) is 1. The van der Waals surface area contributed by atoms with E-state index in [1.54, 1.807) is 12.1 Å². The summed E-state index contributed by atoms with van der Waals surface area (Å²) in [5, 5.41) is 20.5. The summed E-state index contributed by atoms with van der Waals surface area (Å²) in [6.07, 6.45) is 4.15. The SMILES string of the molecule is CN(c1cccc(C2CCN(CC(=O)N3CCC(Oc4cccc(N5C6COC[C@@H]5CN(c5cc(-c7ccccc7O)nnc5N)C6)c4)CC3)CC2)c1)[C@]1([Si])CCC(=O)NC1=O. The largest absolute Gasteiger partial charge is 0.507 e. The van der Waals surface area contributed by atoms with Gasteiger partial charge < -0.3 is 39.9 Å². The summed E-state index contributed by atoms with van der Waals surface area (Å²) in [5.74, 6) is 1.27. The first kappa shape index (κ1) is 41.6. The van der Waals surface area contributed by atoms with E-state index in [0.29, 0.717) is 75.4 Å². The minimum atomic E-state index is -0.978. The standard InChI is InChI=1S/C46H54N9O6Si/c1-51(46(62)17-12-42(57)48-45(46)59)32-7-4-6-31(22-32)30-13-18-52(19-14-30)27-43(58)53-20-15-36(16-21-53)61-37-9-5-8-33(23-37)55-34-25-54(26-35(55)29-60-28-34)40-24-39(49-50-44(40)47)38-10-2-3-11-41(38)56/h2-11,22-24,30,34-36,56H,12-21,25-29H2,1H3,(H2,47,50)(H,48,57,59)/t34-,35?,46-/m0/s1. The predicted octanol–water partition coefficient (Wildman–Crippen LogP) is 3.51. The fraction of sp³-hybridized carbons (Fsp3) is 0.457. The van der Waals surface area contributed by atoms with Gasteiger partial charge in [0.05, 0.1) is 53.5 Å². The lowest BCUT2D eigenvalue weighted by molar-refractivity contribution is -0.136. The van der Waals surface area contributed by atoms with Crippen molar-refractivity contribution in [3.05, 3.63) is 84.4 Å². The molecule has 2 bridgehead atoms. The maximum Gasteiger partial charge on any atom is 0.248 e. The molecule has 5 aliphatic heterocycles. The van der Waals surface area contributed by atoms with Crippen LogP contribution in [0, 0.1) is 0 Å². The van der Waals surface area contributed by atoms with Crippen LogP contribution in [0.15, 0.2) is 78.9 Å². The molecule has 4 N–H and O–H groups in total. The highest BCUT2D eigenvalue weighted by Crippen LogP contribution is 2.37. The van der Waals surface area contributed by atoms with Crippen molar-refractivity contribution in [2.75, 3.05) is 86.5 Å². The third kappa shape index (κ3) is 8.55. The third-order valence-corrected chi connectivity index (χ3v) is 14.2. The summed E-state index contributed by atoms with van der Waals surface area (Å²) < 4.78 is 12.6. The van der Waals surface area contributed by atoms with Gasteiger partial charge in [0.25, 0.3) is 0 Å². The summed E-state index contributed by atoms with van der Waals surface area (Å²) >= 11 is 0. The molecule has 5 aliphatic rings. The van der Waals surface area contributed by atoms with E-state index in [0.717, 1.165) is 61.6 Å². The molecule has 1 unspecified atom stereocenters. The van der Waals surface area contributed by atoms with E-state index in [-0.39, 0.29) is 48.1 Å². The lowest BCUT2D eigenvalue weighted by Crippen LogP contribution is -2.65. The average Bonchev–Trinajstić information content (AvgIpc) is 3.28. The normalized spacial score (nSPS) is 23.9. The Kier molecular flexibility index (Phi) is 11.8. The number of phenols is 1. The summed E-state index contributed by atoms with van der Waals surface area (Å²) in [5.41, 5.74) is 11.6. The Bertz CT molecular complexity index is 2290. The maximum atomic E-state index is 13.5. The number of hydrogen-bond acceptors (Lipinski definition) is 13. The maximum absolute atomic E-state index is 13.5. The molecule has 0 saturated carbocycles. The van der Waals surface area contributed by atoms with E-state index in [9.17, 15) is 19.5 Å². The van der Waals surface area contributed by atoms with Gasteiger partial charge in [-0.1, -0.05) is 30.3 Å². The number of rotatable bonds is 10. The number of piperazine rings is 1. The number of anilines is 4. The Morgan fingerprint density at radius 2 is 1.69 bits per heavy atom. The number of nitrogen functional groups attached to an aromatic ring is 1. The number of nitrogens with two attached hydrogens (primary N) is 1. The highest BCUT2D eigenvalue weighted by Gasteiger charge is 2.43. The van der Waals surface area contributed by atoms with Gasteiger partial charge in [-0.25, -0.2) is 0 Å². The molecular formula is C46H54N9O6Si. The van der Waals surface area contributed by atoms with E-state index in [4.69, 9.17) is 15.2 Å². The van der Waals surface area contributed by atoms with Crippen LogP contribution in [0.3, 0.4) is 0 Å². The van der Waals surface area contributed by atoms with E-state index >= 15 is 0 Å². The van der Waals surface area contributed by atoms with Crippen LogP contribution >= 0.6 is 0 Å². The number of para-hydroxylation sites is 1. The van der Waals surface area contributed by atoms with Gasteiger partial charge in [-0.2, -0.15) is 0 Å². The number of hydrogen-bond donors (Lipinski definition) is 3. The summed E-state index contributed by atoms with van der Waals surface area (Å²) in [4.78, 5) is 48.9. The number of carbonyl (C=O) groups is 3. The van der Waals surface area contributed by atoms with Crippen molar-refractivity contribution < 1.29 is 29.0 Å². The molecule has 4 aromatic rings. The zero-order valence-electron chi connectivity index (χ0n) is 35.1.